The monoisotopic (exact) mass is 422 g/mol. The van der Waals surface area contributed by atoms with Crippen LogP contribution in [0.3, 0.4) is 0 Å². The van der Waals surface area contributed by atoms with E-state index in [1.165, 1.54) is 16.2 Å². The zero-order chi connectivity index (χ0) is 21.1. The molecule has 1 atom stereocenters. The van der Waals surface area contributed by atoms with Crippen molar-refractivity contribution in [3.05, 3.63) is 69.8 Å². The number of hydrogen-bond acceptors (Lipinski definition) is 4. The second-order valence-corrected chi connectivity index (χ2v) is 8.76. The van der Waals surface area contributed by atoms with Gasteiger partial charge in [-0.15, -0.1) is 11.3 Å². The second-order valence-electron chi connectivity index (χ2n) is 7.64. The Bertz CT molecular complexity index is 1100. The third-order valence-corrected chi connectivity index (χ3v) is 6.74. The highest BCUT2D eigenvalue weighted by molar-refractivity contribution is 7.14. The van der Waals surface area contributed by atoms with Crippen LogP contribution in [0.15, 0.2) is 54.5 Å². The zero-order valence-corrected chi connectivity index (χ0v) is 18.1. The number of aromatic nitrogens is 2. The van der Waals surface area contributed by atoms with Gasteiger partial charge in [-0.1, -0.05) is 13.0 Å². The number of pyridine rings is 1. The molecule has 1 N–H and O–H groups in total. The third-order valence-electron chi connectivity index (χ3n) is 5.49. The summed E-state index contributed by atoms with van der Waals surface area (Å²) in [5.74, 6) is 0.364. The number of imidazole rings is 1. The molecule has 0 radical (unpaired) electrons. The van der Waals surface area contributed by atoms with Crippen LogP contribution in [0.5, 0.6) is 0 Å². The first kappa shape index (κ1) is 20.3. The minimum absolute atomic E-state index is 0.0675. The van der Waals surface area contributed by atoms with E-state index in [1.54, 1.807) is 6.20 Å². The number of nitrogens with one attached hydrogen (secondary N) is 1. The standard InChI is InChI=1S/C23H26N4O2S/c1-3-4-16(2)23(29)27-11-8-18(15-27)19-5-6-20(30-19)22(28)25-14-17-7-10-26-12-9-24-21(26)13-17/h4-7,9-10,12-13,18H,3,8,11,14-15H2,1-2H3,(H,25,28). The van der Waals surface area contributed by atoms with Gasteiger partial charge in [-0.25, -0.2) is 4.98 Å². The van der Waals surface area contributed by atoms with Crippen LogP contribution in [-0.2, 0) is 11.3 Å². The molecule has 6 nitrogen and oxygen atoms in total. The lowest BCUT2D eigenvalue weighted by Gasteiger charge is -2.16. The van der Waals surface area contributed by atoms with E-state index in [0.717, 1.165) is 42.7 Å². The first-order valence-electron chi connectivity index (χ1n) is 10.3. The third kappa shape index (κ3) is 4.31. The Morgan fingerprint density at radius 3 is 3.00 bits per heavy atom. The number of amides is 2. The van der Waals surface area contributed by atoms with Crippen LogP contribution in [0.4, 0.5) is 0 Å². The molecule has 0 saturated carbocycles. The first-order chi connectivity index (χ1) is 14.5. The second kappa shape index (κ2) is 8.83. The molecule has 3 aromatic heterocycles. The van der Waals surface area contributed by atoms with E-state index in [4.69, 9.17) is 0 Å². The van der Waals surface area contributed by atoms with E-state index >= 15 is 0 Å². The Morgan fingerprint density at radius 2 is 2.17 bits per heavy atom. The van der Waals surface area contributed by atoms with Gasteiger partial charge in [-0.05, 0) is 49.6 Å². The Kier molecular flexibility index (Phi) is 5.99. The highest BCUT2D eigenvalue weighted by Crippen LogP contribution is 2.33. The normalized spacial score (nSPS) is 16.9. The van der Waals surface area contributed by atoms with Gasteiger partial charge >= 0.3 is 0 Å². The Labute approximate surface area is 180 Å². The minimum atomic E-state index is -0.0675. The Balaban J connectivity index is 1.35. The van der Waals surface area contributed by atoms with Crippen molar-refractivity contribution >= 4 is 28.8 Å². The average molecular weight is 423 g/mol. The fraction of sp³-hybridized carbons (Fsp3) is 0.348. The van der Waals surface area contributed by atoms with Gasteiger partial charge in [-0.2, -0.15) is 0 Å². The maximum Gasteiger partial charge on any atom is 0.261 e. The van der Waals surface area contributed by atoms with Gasteiger partial charge in [-0.3, -0.25) is 9.59 Å². The molecular weight excluding hydrogens is 396 g/mol. The molecule has 1 fully saturated rings. The van der Waals surface area contributed by atoms with E-state index in [2.05, 4.69) is 10.3 Å². The van der Waals surface area contributed by atoms with Crippen molar-refractivity contribution in [2.75, 3.05) is 13.1 Å². The number of allylic oxidation sites excluding steroid dienone is 1. The van der Waals surface area contributed by atoms with Crippen LogP contribution in [-0.4, -0.2) is 39.2 Å². The van der Waals surface area contributed by atoms with Crippen molar-refractivity contribution in [2.24, 2.45) is 0 Å². The zero-order valence-electron chi connectivity index (χ0n) is 17.3. The van der Waals surface area contributed by atoms with Crippen molar-refractivity contribution in [3.63, 3.8) is 0 Å². The first-order valence-corrected chi connectivity index (χ1v) is 11.1. The highest BCUT2D eigenvalue weighted by Gasteiger charge is 2.29. The van der Waals surface area contributed by atoms with E-state index in [9.17, 15) is 9.59 Å². The van der Waals surface area contributed by atoms with Gasteiger partial charge in [0.1, 0.15) is 5.65 Å². The van der Waals surface area contributed by atoms with Gasteiger partial charge in [0.15, 0.2) is 0 Å². The summed E-state index contributed by atoms with van der Waals surface area (Å²) in [6.07, 6.45) is 9.38. The molecule has 1 unspecified atom stereocenters. The SMILES string of the molecule is CCC=C(C)C(=O)N1CCC(c2ccc(C(=O)NCc3ccn4ccnc4c3)s2)C1. The molecule has 0 bridgehead atoms. The van der Waals surface area contributed by atoms with Crippen molar-refractivity contribution < 1.29 is 9.59 Å². The maximum atomic E-state index is 12.6. The fourth-order valence-corrected chi connectivity index (χ4v) is 4.90. The molecule has 156 valence electrons. The topological polar surface area (TPSA) is 66.7 Å². The summed E-state index contributed by atoms with van der Waals surface area (Å²) in [7, 11) is 0. The lowest BCUT2D eigenvalue weighted by molar-refractivity contribution is -0.126. The molecule has 0 spiro atoms. The summed E-state index contributed by atoms with van der Waals surface area (Å²) in [6, 6.07) is 7.87. The minimum Gasteiger partial charge on any atom is -0.347 e. The van der Waals surface area contributed by atoms with Crippen LogP contribution in [0.1, 0.15) is 52.7 Å². The van der Waals surface area contributed by atoms with Gasteiger partial charge in [0.25, 0.3) is 5.91 Å². The van der Waals surface area contributed by atoms with Gasteiger partial charge in [0.2, 0.25) is 5.91 Å². The number of carbonyl (C=O) groups is 2. The predicted octanol–water partition coefficient (Wildman–Crippen LogP) is 4.00. The quantitative estimate of drug-likeness (QED) is 0.611. The molecular formula is C23H26N4O2S. The van der Waals surface area contributed by atoms with Gasteiger partial charge in [0, 0.05) is 54.6 Å². The number of likely N-dealkylation sites (tertiary alicyclic amines) is 1. The number of hydrogen-bond donors (Lipinski definition) is 1. The molecule has 1 aliphatic rings. The van der Waals surface area contributed by atoms with Crippen molar-refractivity contribution in [2.45, 2.75) is 39.2 Å². The number of rotatable bonds is 6. The Morgan fingerprint density at radius 1 is 1.30 bits per heavy atom. The number of carbonyl (C=O) groups excluding carboxylic acids is 2. The average Bonchev–Trinajstić information content (AvgIpc) is 3.51. The summed E-state index contributed by atoms with van der Waals surface area (Å²) in [5.41, 5.74) is 2.70. The van der Waals surface area contributed by atoms with Crippen LogP contribution in [0.2, 0.25) is 0 Å². The van der Waals surface area contributed by atoms with E-state index in [1.807, 2.05) is 65.9 Å². The van der Waals surface area contributed by atoms with Crippen LogP contribution in [0.25, 0.3) is 5.65 Å². The molecule has 7 heteroatoms. The summed E-state index contributed by atoms with van der Waals surface area (Å²) in [5, 5.41) is 2.99. The van der Waals surface area contributed by atoms with E-state index < -0.39 is 0 Å². The van der Waals surface area contributed by atoms with Gasteiger partial charge < -0.3 is 14.6 Å². The van der Waals surface area contributed by atoms with Crippen LogP contribution < -0.4 is 5.32 Å². The lowest BCUT2D eigenvalue weighted by atomic mass is 10.1. The maximum absolute atomic E-state index is 12.6. The highest BCUT2D eigenvalue weighted by atomic mass is 32.1. The van der Waals surface area contributed by atoms with Crippen LogP contribution >= 0.6 is 11.3 Å². The fourth-order valence-electron chi connectivity index (χ4n) is 3.85. The summed E-state index contributed by atoms with van der Waals surface area (Å²) < 4.78 is 1.94. The molecule has 3 aromatic rings. The summed E-state index contributed by atoms with van der Waals surface area (Å²) in [4.78, 5) is 33.2. The Hall–Kier alpha value is -2.93. The van der Waals surface area contributed by atoms with Crippen molar-refractivity contribution in [3.8, 4) is 0 Å². The predicted molar refractivity (Wildman–Crippen MR) is 119 cm³/mol. The molecule has 0 aromatic carbocycles. The smallest absolute Gasteiger partial charge is 0.261 e. The number of nitrogens with zero attached hydrogens (tertiary/aromatic N) is 3. The van der Waals surface area contributed by atoms with Crippen molar-refractivity contribution in [1.82, 2.24) is 19.6 Å². The summed E-state index contributed by atoms with van der Waals surface area (Å²) >= 11 is 1.53. The number of fused-ring (bicyclic) bond motifs is 1. The van der Waals surface area contributed by atoms with Crippen LogP contribution in [0, 0.1) is 0 Å². The lowest BCUT2D eigenvalue weighted by Crippen LogP contribution is -2.29. The molecule has 4 heterocycles. The molecule has 1 saturated heterocycles. The molecule has 30 heavy (non-hydrogen) atoms. The molecule has 2 amide bonds. The molecule has 4 rings (SSSR count). The van der Waals surface area contributed by atoms with E-state index in [0.29, 0.717) is 17.3 Å². The number of thiophene rings is 1. The van der Waals surface area contributed by atoms with E-state index in [-0.39, 0.29) is 11.8 Å². The largest absolute Gasteiger partial charge is 0.347 e. The molecule has 0 aliphatic carbocycles. The van der Waals surface area contributed by atoms with Gasteiger partial charge in [0.05, 0.1) is 4.88 Å². The van der Waals surface area contributed by atoms with Crippen molar-refractivity contribution in [1.29, 1.82) is 0 Å². The molecule has 1 aliphatic heterocycles. The summed E-state index contributed by atoms with van der Waals surface area (Å²) in [6.45, 7) is 5.88.